The summed E-state index contributed by atoms with van der Waals surface area (Å²) in [5.41, 5.74) is 0.704. The molecule has 1 aromatic rings. The van der Waals surface area contributed by atoms with E-state index in [1.165, 1.54) is 9.21 Å². The van der Waals surface area contributed by atoms with Crippen LogP contribution < -0.4 is 5.46 Å². The molecule has 0 radical (unpaired) electrons. The van der Waals surface area contributed by atoms with Crippen molar-refractivity contribution in [3.05, 3.63) is 24.0 Å². The van der Waals surface area contributed by atoms with E-state index in [0.717, 1.165) is 11.2 Å². The van der Waals surface area contributed by atoms with E-state index in [0.29, 0.717) is 0 Å². The smallest absolute Gasteiger partial charge is 0.399 e. The van der Waals surface area contributed by atoms with Crippen molar-refractivity contribution in [3.63, 3.8) is 0 Å². The van der Waals surface area contributed by atoms with Crippen LogP contribution in [0.2, 0.25) is 0 Å². The van der Waals surface area contributed by atoms with Crippen LogP contribution in [0.3, 0.4) is 0 Å². The Hall–Kier alpha value is 0.175. The summed E-state index contributed by atoms with van der Waals surface area (Å²) in [7, 11) is 0.938. The van der Waals surface area contributed by atoms with E-state index in [9.17, 15) is 0 Å². The average Bonchev–Trinajstić information content (AvgIpc) is 2.59. The molecule has 0 aliphatic carbocycles. The Bertz CT molecular complexity index is 491. The number of pyridine rings is 1. The van der Waals surface area contributed by atoms with Gasteiger partial charge in [-0.1, -0.05) is 6.07 Å². The zero-order chi connectivity index (χ0) is 15.9. The third-order valence-electron chi connectivity index (χ3n) is 4.17. The molecule has 116 valence electrons. The molecule has 21 heavy (non-hydrogen) atoms. The lowest BCUT2D eigenvalue weighted by Crippen LogP contribution is -2.41. The summed E-state index contributed by atoms with van der Waals surface area (Å²) in [5.74, 6) is 0. The summed E-state index contributed by atoms with van der Waals surface area (Å²) in [6.07, 6.45) is 1.81. The van der Waals surface area contributed by atoms with E-state index < -0.39 is 5.60 Å². The molecule has 1 aliphatic heterocycles. The van der Waals surface area contributed by atoms with Crippen molar-refractivity contribution >= 4 is 43.0 Å². The molecule has 2 heterocycles. The fraction of sp³-hybridized carbons (Fsp3) is 0.643. The summed E-state index contributed by atoms with van der Waals surface area (Å²) in [6.45, 7) is 12.2. The first-order valence-corrected chi connectivity index (χ1v) is 10.2. The first kappa shape index (κ1) is 17.5. The highest BCUT2D eigenvalue weighted by atomic mass is 127. The van der Waals surface area contributed by atoms with Crippen LogP contribution in [0, 0.1) is 0 Å². The lowest BCUT2D eigenvalue weighted by atomic mass is 9.80. The maximum absolute atomic E-state index is 6.02. The Balaban J connectivity index is 2.18. The molecule has 1 fully saturated rings. The minimum atomic E-state index is -0.430. The maximum atomic E-state index is 6.02. The molecule has 1 saturated heterocycles. The van der Waals surface area contributed by atoms with Crippen LogP contribution in [-0.2, 0) is 19.1 Å². The van der Waals surface area contributed by atoms with E-state index in [4.69, 9.17) is 13.5 Å². The molecule has 1 aliphatic rings. The molecule has 0 saturated carbocycles. The number of hydrogen-bond donors (Lipinski definition) is 0. The summed E-state index contributed by atoms with van der Waals surface area (Å²) in [4.78, 5) is 4.51. The van der Waals surface area contributed by atoms with Crippen molar-refractivity contribution < 1.29 is 13.5 Å². The van der Waals surface area contributed by atoms with E-state index in [-0.39, 0.29) is 18.3 Å². The highest BCUT2D eigenvalue weighted by Gasteiger charge is 2.51. The van der Waals surface area contributed by atoms with Crippen molar-refractivity contribution in [3.8, 4) is 0 Å². The second-order valence-electron chi connectivity index (χ2n) is 6.72. The van der Waals surface area contributed by atoms with Crippen LogP contribution in [0.1, 0.15) is 47.2 Å². The van der Waals surface area contributed by atoms with Gasteiger partial charge in [-0.2, -0.15) is 0 Å². The zero-order valence-electron chi connectivity index (χ0n) is 13.3. The lowest BCUT2D eigenvalue weighted by molar-refractivity contribution is 0.00578. The molecule has 0 unspecified atom stereocenters. The topological polar surface area (TPSA) is 40.6 Å². The Morgan fingerprint density at radius 1 is 1.19 bits per heavy atom. The van der Waals surface area contributed by atoms with E-state index in [1.54, 1.807) is 6.20 Å². The fourth-order valence-corrected chi connectivity index (χ4v) is 3.59. The van der Waals surface area contributed by atoms with Gasteiger partial charge in [0.1, 0.15) is 5.60 Å². The van der Waals surface area contributed by atoms with Crippen molar-refractivity contribution in [2.45, 2.75) is 58.3 Å². The van der Waals surface area contributed by atoms with Gasteiger partial charge in [-0.3, -0.25) is 9.17 Å². The summed E-state index contributed by atoms with van der Waals surface area (Å²) in [6, 6.07) is 3.96. The van der Waals surface area contributed by atoms with E-state index in [1.807, 2.05) is 53.7 Å². The number of aromatic nitrogens is 1. The van der Waals surface area contributed by atoms with Crippen LogP contribution >= 0.6 is 30.4 Å². The Morgan fingerprint density at radius 2 is 1.76 bits per heavy atom. The van der Waals surface area contributed by atoms with Gasteiger partial charge in [0.05, 0.1) is 26.1 Å². The van der Waals surface area contributed by atoms with E-state index >= 15 is 0 Å². The van der Waals surface area contributed by atoms with Crippen molar-refractivity contribution in [1.29, 1.82) is 0 Å². The zero-order valence-corrected chi connectivity index (χ0v) is 16.2. The Labute approximate surface area is 143 Å². The quantitative estimate of drug-likeness (QED) is 0.422. The molecule has 0 bridgehead atoms. The second-order valence-corrected chi connectivity index (χ2v) is 8.09. The maximum Gasteiger partial charge on any atom is 0.496 e. The number of rotatable bonds is 4. The Kier molecular flexibility index (Phi) is 5.00. The molecule has 0 N–H and O–H groups in total. The molecule has 0 spiro atoms. The third-order valence-corrected chi connectivity index (χ3v) is 5.19. The highest BCUT2D eigenvalue weighted by Crippen LogP contribution is 2.36. The molecule has 2 rings (SSSR count). The summed E-state index contributed by atoms with van der Waals surface area (Å²) >= 11 is 2.11. The third kappa shape index (κ3) is 3.58. The van der Waals surface area contributed by atoms with Gasteiger partial charge in [-0.05, 0) is 47.6 Å². The molecule has 7 heteroatoms. The van der Waals surface area contributed by atoms with Crippen molar-refractivity contribution in [2.24, 2.45) is 0 Å². The van der Waals surface area contributed by atoms with E-state index in [2.05, 4.69) is 26.2 Å². The fourth-order valence-electron chi connectivity index (χ4n) is 2.00. The number of hydrogen-bond acceptors (Lipinski definition) is 5. The number of nitrogens with zero attached hydrogens (tertiary/aromatic N) is 1. The SMILES string of the molecule is CC(C)(OSI)c1ccc(B2OC(C)(C)C(C)(C)O2)cn1. The van der Waals surface area contributed by atoms with Gasteiger partial charge >= 0.3 is 7.12 Å². The monoisotopic (exact) mass is 421 g/mol. The number of halogens is 1. The van der Waals surface area contributed by atoms with Crippen LogP contribution in [0.4, 0.5) is 0 Å². The van der Waals surface area contributed by atoms with Crippen molar-refractivity contribution in [1.82, 2.24) is 4.98 Å². The van der Waals surface area contributed by atoms with Crippen LogP contribution in [0.15, 0.2) is 18.3 Å². The molecule has 0 atom stereocenters. The van der Waals surface area contributed by atoms with Gasteiger partial charge in [0.25, 0.3) is 0 Å². The molecule has 1 aromatic heterocycles. The summed E-state index contributed by atoms with van der Waals surface area (Å²) in [5, 5.41) is 0. The standard InChI is InChI=1S/C14H21BINO3S/c1-12(2,20-21-16)11-8-7-10(9-17-11)15-18-13(3,4)14(5,6)19-15/h7-9H,1-6H3. The van der Waals surface area contributed by atoms with Crippen LogP contribution in [0.5, 0.6) is 0 Å². The molecular formula is C14H21BINO3S. The van der Waals surface area contributed by atoms with Gasteiger partial charge in [-0.25, -0.2) is 0 Å². The average molecular weight is 421 g/mol. The predicted octanol–water partition coefficient (Wildman–Crippen LogP) is 3.63. The minimum Gasteiger partial charge on any atom is -0.399 e. The lowest BCUT2D eigenvalue weighted by Gasteiger charge is -2.32. The normalized spacial score (nSPS) is 20.8. The van der Waals surface area contributed by atoms with Gasteiger partial charge < -0.3 is 9.31 Å². The molecule has 0 amide bonds. The van der Waals surface area contributed by atoms with Crippen LogP contribution in [0.25, 0.3) is 0 Å². The van der Waals surface area contributed by atoms with Crippen LogP contribution in [-0.4, -0.2) is 23.3 Å². The van der Waals surface area contributed by atoms with Gasteiger partial charge in [0.2, 0.25) is 0 Å². The first-order valence-electron chi connectivity index (χ1n) is 6.87. The Morgan fingerprint density at radius 3 is 2.19 bits per heavy atom. The van der Waals surface area contributed by atoms with Gasteiger partial charge in [0.15, 0.2) is 0 Å². The van der Waals surface area contributed by atoms with Gasteiger partial charge in [-0.15, -0.1) is 0 Å². The second kappa shape index (κ2) is 6.00. The first-order chi connectivity index (χ1) is 9.59. The largest absolute Gasteiger partial charge is 0.496 e. The minimum absolute atomic E-state index is 0.337. The molecular weight excluding hydrogens is 400 g/mol. The molecule has 0 aromatic carbocycles. The summed E-state index contributed by atoms with van der Waals surface area (Å²) < 4.78 is 17.7. The molecule has 4 nitrogen and oxygen atoms in total. The predicted molar refractivity (Wildman–Crippen MR) is 95.7 cm³/mol. The van der Waals surface area contributed by atoms with Gasteiger partial charge in [0, 0.05) is 32.9 Å². The van der Waals surface area contributed by atoms with Crippen molar-refractivity contribution in [2.75, 3.05) is 0 Å². The highest BCUT2D eigenvalue weighted by molar-refractivity contribution is 14.2.